The van der Waals surface area contributed by atoms with Gasteiger partial charge in [0.15, 0.2) is 5.11 Å². The first kappa shape index (κ1) is 19.9. The van der Waals surface area contributed by atoms with Crippen LogP contribution in [0.4, 0.5) is 11.4 Å². The molecule has 0 amide bonds. The van der Waals surface area contributed by atoms with Crippen molar-refractivity contribution in [3.8, 4) is 5.75 Å². The highest BCUT2D eigenvalue weighted by molar-refractivity contribution is 7.80. The quantitative estimate of drug-likeness (QED) is 0.446. The SMILES string of the molecule is CC[C@H](C)c1ccc(NC(=S)Nc2ccc(OCc3ccccc3)cc2)cc1. The van der Waals surface area contributed by atoms with Gasteiger partial charge in [-0.25, -0.2) is 0 Å². The summed E-state index contributed by atoms with van der Waals surface area (Å²) in [5.74, 6) is 1.40. The molecule has 0 fully saturated rings. The molecule has 0 unspecified atom stereocenters. The van der Waals surface area contributed by atoms with Crippen molar-refractivity contribution in [3.05, 3.63) is 90.0 Å². The highest BCUT2D eigenvalue weighted by Crippen LogP contribution is 2.21. The van der Waals surface area contributed by atoms with Crippen LogP contribution >= 0.6 is 12.2 Å². The van der Waals surface area contributed by atoms with Crippen molar-refractivity contribution in [2.75, 3.05) is 10.6 Å². The van der Waals surface area contributed by atoms with Crippen molar-refractivity contribution in [3.63, 3.8) is 0 Å². The number of anilines is 2. The Hall–Kier alpha value is -2.85. The van der Waals surface area contributed by atoms with Crippen molar-refractivity contribution in [1.29, 1.82) is 0 Å². The summed E-state index contributed by atoms with van der Waals surface area (Å²) in [6.07, 6.45) is 1.14. The molecule has 4 heteroatoms. The van der Waals surface area contributed by atoms with Gasteiger partial charge in [0.25, 0.3) is 0 Å². The number of benzene rings is 3. The molecular weight excluding hydrogens is 364 g/mol. The number of nitrogens with one attached hydrogen (secondary N) is 2. The van der Waals surface area contributed by atoms with E-state index in [9.17, 15) is 0 Å². The van der Waals surface area contributed by atoms with Gasteiger partial charge in [-0.2, -0.15) is 0 Å². The molecule has 0 aliphatic carbocycles. The lowest BCUT2D eigenvalue weighted by Gasteiger charge is -2.13. The molecule has 0 bridgehead atoms. The predicted octanol–water partition coefficient (Wildman–Crippen LogP) is 6.59. The van der Waals surface area contributed by atoms with Crippen LogP contribution in [0.2, 0.25) is 0 Å². The maximum absolute atomic E-state index is 5.81. The molecule has 0 spiro atoms. The number of rotatable bonds is 7. The van der Waals surface area contributed by atoms with E-state index in [-0.39, 0.29) is 0 Å². The Balaban J connectivity index is 1.50. The maximum atomic E-state index is 5.81. The number of thiocarbonyl (C=S) groups is 1. The topological polar surface area (TPSA) is 33.3 Å². The highest BCUT2D eigenvalue weighted by atomic mass is 32.1. The molecule has 3 aromatic rings. The van der Waals surface area contributed by atoms with Crippen LogP contribution in [0.25, 0.3) is 0 Å². The third-order valence-electron chi connectivity index (χ3n) is 4.71. The Bertz CT molecular complexity index is 877. The van der Waals surface area contributed by atoms with Crippen molar-refractivity contribution in [2.24, 2.45) is 0 Å². The molecular formula is C24H26N2OS. The number of hydrogen-bond donors (Lipinski definition) is 2. The molecule has 0 radical (unpaired) electrons. The molecule has 0 heterocycles. The number of ether oxygens (including phenoxy) is 1. The first-order valence-electron chi connectivity index (χ1n) is 9.59. The van der Waals surface area contributed by atoms with Gasteiger partial charge in [0, 0.05) is 11.4 Å². The Morgan fingerprint density at radius 2 is 1.43 bits per heavy atom. The second-order valence-corrected chi connectivity index (χ2v) is 7.22. The van der Waals surface area contributed by atoms with Crippen LogP contribution in [-0.4, -0.2) is 5.11 Å². The second kappa shape index (κ2) is 9.90. The van der Waals surface area contributed by atoms with E-state index in [0.717, 1.165) is 29.1 Å². The molecule has 0 saturated heterocycles. The molecule has 1 atom stereocenters. The fourth-order valence-electron chi connectivity index (χ4n) is 2.80. The van der Waals surface area contributed by atoms with Gasteiger partial charge < -0.3 is 15.4 Å². The third-order valence-corrected chi connectivity index (χ3v) is 4.91. The van der Waals surface area contributed by atoms with Crippen LogP contribution in [-0.2, 0) is 6.61 Å². The van der Waals surface area contributed by atoms with E-state index in [1.165, 1.54) is 5.56 Å². The van der Waals surface area contributed by atoms with Crippen LogP contribution < -0.4 is 15.4 Å². The molecule has 0 aromatic heterocycles. The minimum Gasteiger partial charge on any atom is -0.489 e. The summed E-state index contributed by atoms with van der Waals surface area (Å²) < 4.78 is 5.81. The zero-order chi connectivity index (χ0) is 19.8. The van der Waals surface area contributed by atoms with E-state index in [0.29, 0.717) is 17.6 Å². The summed E-state index contributed by atoms with van der Waals surface area (Å²) in [4.78, 5) is 0. The monoisotopic (exact) mass is 390 g/mol. The summed E-state index contributed by atoms with van der Waals surface area (Å²) in [5, 5.41) is 6.99. The summed E-state index contributed by atoms with van der Waals surface area (Å²) in [7, 11) is 0. The van der Waals surface area contributed by atoms with Gasteiger partial charge in [0.1, 0.15) is 12.4 Å². The van der Waals surface area contributed by atoms with Gasteiger partial charge in [-0.15, -0.1) is 0 Å². The highest BCUT2D eigenvalue weighted by Gasteiger charge is 2.04. The predicted molar refractivity (Wildman–Crippen MR) is 122 cm³/mol. The van der Waals surface area contributed by atoms with Gasteiger partial charge in [0.2, 0.25) is 0 Å². The normalized spacial score (nSPS) is 11.5. The van der Waals surface area contributed by atoms with E-state index < -0.39 is 0 Å². The third kappa shape index (κ3) is 5.83. The minimum atomic E-state index is 0.556. The van der Waals surface area contributed by atoms with Crippen LogP contribution in [0.1, 0.15) is 37.3 Å². The first-order chi connectivity index (χ1) is 13.6. The van der Waals surface area contributed by atoms with Crippen molar-refractivity contribution < 1.29 is 4.74 Å². The summed E-state index contributed by atoms with van der Waals surface area (Å²) in [5.41, 5.74) is 4.39. The number of hydrogen-bond acceptors (Lipinski definition) is 2. The van der Waals surface area contributed by atoms with Crippen LogP contribution in [0, 0.1) is 0 Å². The zero-order valence-electron chi connectivity index (χ0n) is 16.3. The molecule has 3 nitrogen and oxygen atoms in total. The molecule has 0 aliphatic rings. The van der Waals surface area contributed by atoms with Crippen LogP contribution in [0.5, 0.6) is 5.75 Å². The van der Waals surface area contributed by atoms with E-state index >= 15 is 0 Å². The molecule has 0 saturated carbocycles. The minimum absolute atomic E-state index is 0.556. The van der Waals surface area contributed by atoms with Gasteiger partial charge in [-0.1, -0.05) is 56.3 Å². The average molecular weight is 391 g/mol. The van der Waals surface area contributed by atoms with Crippen molar-refractivity contribution in [2.45, 2.75) is 32.8 Å². The molecule has 3 rings (SSSR count). The van der Waals surface area contributed by atoms with E-state index in [2.05, 4.69) is 60.9 Å². The van der Waals surface area contributed by atoms with Crippen molar-refractivity contribution in [1.82, 2.24) is 0 Å². The smallest absolute Gasteiger partial charge is 0.175 e. The standard InChI is InChI=1S/C24H26N2OS/c1-3-18(2)20-9-11-21(12-10-20)25-24(28)26-22-13-15-23(16-14-22)27-17-19-7-5-4-6-8-19/h4-16,18H,3,17H2,1-2H3,(H2,25,26,28)/t18-/m0/s1. The molecule has 0 aliphatic heterocycles. The molecule has 2 N–H and O–H groups in total. The zero-order valence-corrected chi connectivity index (χ0v) is 17.1. The van der Waals surface area contributed by atoms with E-state index in [1.54, 1.807) is 0 Å². The maximum Gasteiger partial charge on any atom is 0.175 e. The van der Waals surface area contributed by atoms with Gasteiger partial charge in [-0.3, -0.25) is 0 Å². The summed E-state index contributed by atoms with van der Waals surface area (Å²) >= 11 is 5.42. The Labute approximate surface area is 172 Å². The van der Waals surface area contributed by atoms with Crippen LogP contribution in [0.15, 0.2) is 78.9 Å². The summed E-state index contributed by atoms with van der Waals surface area (Å²) in [6, 6.07) is 26.4. The average Bonchev–Trinajstić information content (AvgIpc) is 2.74. The second-order valence-electron chi connectivity index (χ2n) is 6.81. The van der Waals surface area contributed by atoms with Crippen LogP contribution in [0.3, 0.4) is 0 Å². The van der Waals surface area contributed by atoms with E-state index in [1.807, 2.05) is 42.5 Å². The van der Waals surface area contributed by atoms with Gasteiger partial charge in [0.05, 0.1) is 0 Å². The van der Waals surface area contributed by atoms with Gasteiger partial charge >= 0.3 is 0 Å². The lowest BCUT2D eigenvalue weighted by molar-refractivity contribution is 0.306. The Morgan fingerprint density at radius 3 is 2.00 bits per heavy atom. The lowest BCUT2D eigenvalue weighted by atomic mass is 9.99. The van der Waals surface area contributed by atoms with E-state index in [4.69, 9.17) is 17.0 Å². The first-order valence-corrected chi connectivity index (χ1v) is 9.99. The summed E-state index contributed by atoms with van der Waals surface area (Å²) in [6.45, 7) is 5.00. The Morgan fingerprint density at radius 1 is 0.857 bits per heavy atom. The lowest BCUT2D eigenvalue weighted by Crippen LogP contribution is -2.19. The Kier molecular flexibility index (Phi) is 7.04. The molecule has 144 valence electrons. The van der Waals surface area contributed by atoms with Crippen molar-refractivity contribution >= 4 is 28.7 Å². The largest absolute Gasteiger partial charge is 0.489 e. The van der Waals surface area contributed by atoms with Gasteiger partial charge in [-0.05, 0) is 72.1 Å². The molecule has 3 aromatic carbocycles. The fourth-order valence-corrected chi connectivity index (χ4v) is 3.04. The fraction of sp³-hybridized carbons (Fsp3) is 0.208. The molecule has 28 heavy (non-hydrogen) atoms.